The average molecular weight is 365 g/mol. The number of anilines is 2. The van der Waals surface area contributed by atoms with Crippen molar-refractivity contribution in [1.82, 2.24) is 4.90 Å². The van der Waals surface area contributed by atoms with Crippen molar-refractivity contribution in [2.75, 3.05) is 37.5 Å². The van der Waals surface area contributed by atoms with Crippen molar-refractivity contribution in [2.45, 2.75) is 12.7 Å². The van der Waals surface area contributed by atoms with E-state index in [1.807, 2.05) is 0 Å². The zero-order chi connectivity index (χ0) is 18.3. The summed E-state index contributed by atoms with van der Waals surface area (Å²) in [6.45, 7) is 3.01. The van der Waals surface area contributed by atoms with Crippen molar-refractivity contribution in [3.05, 3.63) is 41.5 Å². The number of fused-ring (bicyclic) bond motifs is 2. The van der Waals surface area contributed by atoms with Gasteiger partial charge in [0.15, 0.2) is 5.75 Å². The molecule has 4 rings (SSSR count). The second kappa shape index (κ2) is 6.37. The summed E-state index contributed by atoms with van der Waals surface area (Å²) < 4.78 is 45.5. The van der Waals surface area contributed by atoms with Crippen LogP contribution >= 0.6 is 0 Å². The maximum atomic E-state index is 13.4. The van der Waals surface area contributed by atoms with Gasteiger partial charge in [0.2, 0.25) is 0 Å². The van der Waals surface area contributed by atoms with Crippen molar-refractivity contribution in [3.8, 4) is 16.9 Å². The molecule has 2 aliphatic rings. The van der Waals surface area contributed by atoms with Gasteiger partial charge in [-0.3, -0.25) is 4.90 Å². The van der Waals surface area contributed by atoms with Crippen LogP contribution in [0.5, 0.6) is 5.75 Å². The highest BCUT2D eigenvalue weighted by Crippen LogP contribution is 2.45. The van der Waals surface area contributed by atoms with Crippen LogP contribution in [0, 0.1) is 0 Å². The first-order valence-corrected chi connectivity index (χ1v) is 8.29. The molecule has 26 heavy (non-hydrogen) atoms. The minimum atomic E-state index is -4.43. The zero-order valence-electron chi connectivity index (χ0n) is 13.9. The van der Waals surface area contributed by atoms with E-state index >= 15 is 0 Å². The molecular weight excluding hydrogens is 347 g/mol. The van der Waals surface area contributed by atoms with E-state index < -0.39 is 11.7 Å². The first-order valence-electron chi connectivity index (χ1n) is 8.29. The van der Waals surface area contributed by atoms with Crippen LogP contribution in [0.25, 0.3) is 11.1 Å². The van der Waals surface area contributed by atoms with E-state index in [4.69, 9.17) is 15.3 Å². The molecule has 2 aliphatic heterocycles. The highest BCUT2D eigenvalue weighted by atomic mass is 19.4. The maximum Gasteiger partial charge on any atom is 0.416 e. The lowest BCUT2D eigenvalue weighted by molar-refractivity contribution is -0.137. The van der Waals surface area contributed by atoms with Crippen molar-refractivity contribution in [2.24, 2.45) is 0 Å². The summed E-state index contributed by atoms with van der Waals surface area (Å²) >= 11 is 0. The third-order valence-corrected chi connectivity index (χ3v) is 4.60. The average Bonchev–Trinajstić information content (AvgIpc) is 2.83. The van der Waals surface area contributed by atoms with Crippen molar-refractivity contribution >= 4 is 11.4 Å². The fourth-order valence-electron chi connectivity index (χ4n) is 3.25. The van der Waals surface area contributed by atoms with E-state index in [1.54, 1.807) is 18.2 Å². The molecule has 3 N–H and O–H groups in total. The van der Waals surface area contributed by atoms with Crippen LogP contribution in [0.4, 0.5) is 24.5 Å². The monoisotopic (exact) mass is 365 g/mol. The van der Waals surface area contributed by atoms with Gasteiger partial charge in [-0.15, -0.1) is 0 Å². The first kappa shape index (κ1) is 17.0. The fourth-order valence-corrected chi connectivity index (χ4v) is 3.25. The quantitative estimate of drug-likeness (QED) is 0.816. The molecule has 5 nitrogen and oxygen atoms in total. The van der Waals surface area contributed by atoms with Gasteiger partial charge in [0.1, 0.15) is 5.69 Å². The normalized spacial score (nSPS) is 17.0. The van der Waals surface area contributed by atoms with Gasteiger partial charge in [0.05, 0.1) is 24.5 Å². The highest BCUT2D eigenvalue weighted by Gasteiger charge is 2.32. The number of nitrogens with two attached hydrogens (primary N) is 1. The Morgan fingerprint density at radius 1 is 1.12 bits per heavy atom. The highest BCUT2D eigenvalue weighted by molar-refractivity contribution is 5.87. The number of hydrogen-bond acceptors (Lipinski definition) is 5. The molecule has 0 amide bonds. The molecule has 1 saturated heterocycles. The summed E-state index contributed by atoms with van der Waals surface area (Å²) in [6, 6.07) is 7.51. The lowest BCUT2D eigenvalue weighted by Gasteiger charge is -2.27. The Balaban J connectivity index is 1.75. The molecule has 2 heterocycles. The Hall–Kier alpha value is -2.45. The third kappa shape index (κ3) is 3.17. The molecule has 138 valence electrons. The van der Waals surface area contributed by atoms with Gasteiger partial charge in [-0.05, 0) is 41.5 Å². The third-order valence-electron chi connectivity index (χ3n) is 4.60. The molecule has 2 bridgehead atoms. The van der Waals surface area contributed by atoms with Crippen LogP contribution in [0.3, 0.4) is 0 Å². The van der Waals surface area contributed by atoms with Gasteiger partial charge < -0.3 is 15.3 Å². The molecule has 0 aliphatic carbocycles. The molecule has 0 atom stereocenters. The minimum absolute atomic E-state index is 0.360. The Labute approximate surface area is 148 Å². The molecule has 0 radical (unpaired) electrons. The summed E-state index contributed by atoms with van der Waals surface area (Å²) in [5, 5.41) is 0. The lowest BCUT2D eigenvalue weighted by atomic mass is 9.97. The molecule has 1 fully saturated rings. The Morgan fingerprint density at radius 3 is 2.62 bits per heavy atom. The van der Waals surface area contributed by atoms with E-state index in [1.165, 1.54) is 6.07 Å². The maximum absolute atomic E-state index is 13.4. The minimum Gasteiger partial charge on any atom is -0.394 e. The molecule has 0 spiro atoms. The predicted octanol–water partition coefficient (Wildman–Crippen LogP) is 3.51. The summed E-state index contributed by atoms with van der Waals surface area (Å²) in [7, 11) is 0. The van der Waals surface area contributed by atoms with Gasteiger partial charge >= 0.3 is 6.18 Å². The van der Waals surface area contributed by atoms with E-state index in [-0.39, 0.29) is 0 Å². The summed E-state index contributed by atoms with van der Waals surface area (Å²) in [6.07, 6.45) is -4.43. The molecule has 0 unspecified atom stereocenters. The summed E-state index contributed by atoms with van der Waals surface area (Å²) in [5.74, 6) is 0.360. The Bertz CT molecular complexity index is 833. The summed E-state index contributed by atoms with van der Waals surface area (Å²) in [5.41, 5.74) is 10.5. The van der Waals surface area contributed by atoms with Crippen molar-refractivity contribution in [3.63, 3.8) is 0 Å². The number of rotatable bonds is 3. The molecule has 8 heteroatoms. The molecular formula is C18H18F3N3O2. The van der Waals surface area contributed by atoms with Crippen molar-refractivity contribution in [1.29, 1.82) is 0 Å². The Kier molecular flexibility index (Phi) is 4.16. The predicted molar refractivity (Wildman–Crippen MR) is 91.6 cm³/mol. The first-order chi connectivity index (χ1) is 12.4. The number of alkyl halides is 3. The number of halogens is 3. The van der Waals surface area contributed by atoms with Crippen LogP contribution in [0.1, 0.15) is 11.1 Å². The van der Waals surface area contributed by atoms with Gasteiger partial charge in [0.25, 0.3) is 0 Å². The van der Waals surface area contributed by atoms with E-state index in [2.05, 4.69) is 10.4 Å². The number of morpholine rings is 1. The van der Waals surface area contributed by atoms with Crippen LogP contribution in [0.15, 0.2) is 30.3 Å². The number of nitrogens with zero attached hydrogens (tertiary/aromatic N) is 1. The second-order valence-corrected chi connectivity index (χ2v) is 6.41. The van der Waals surface area contributed by atoms with Crippen LogP contribution in [-0.4, -0.2) is 31.2 Å². The number of nitrogens with one attached hydrogen (secondary N) is 1. The number of nitrogen functional groups attached to an aromatic ring is 1. The number of hydrogen-bond donors (Lipinski definition) is 2. The molecule has 2 aromatic carbocycles. The lowest BCUT2D eigenvalue weighted by Crippen LogP contribution is -2.35. The van der Waals surface area contributed by atoms with Gasteiger partial charge in [-0.1, -0.05) is 0 Å². The van der Waals surface area contributed by atoms with Gasteiger partial charge in [0, 0.05) is 25.2 Å². The van der Waals surface area contributed by atoms with Crippen molar-refractivity contribution < 1.29 is 22.7 Å². The van der Waals surface area contributed by atoms with Crippen LogP contribution in [-0.2, 0) is 17.5 Å². The topological polar surface area (TPSA) is 59.8 Å². The number of ether oxygens (including phenoxy) is 1. The SMILES string of the molecule is Nc1c2ccc(-c3cc(CN4CCOCC4)cc(C(F)(F)F)c3)c1ON2. The molecule has 2 aromatic rings. The van der Waals surface area contributed by atoms with E-state index in [0.29, 0.717) is 66.7 Å². The standard InChI is InChI=1S/C18H18F3N3O2/c19-18(20,21)13-8-11(10-24-3-5-25-6-4-24)7-12(9-13)14-1-2-15-16(22)17(14)26-23-15/h1-2,7-9,23H,3-6,10,22H2. The second-order valence-electron chi connectivity index (χ2n) is 6.41. The number of benzene rings is 2. The fraction of sp³-hybridized carbons (Fsp3) is 0.333. The van der Waals surface area contributed by atoms with E-state index in [0.717, 1.165) is 6.07 Å². The Morgan fingerprint density at radius 2 is 1.88 bits per heavy atom. The van der Waals surface area contributed by atoms with E-state index in [9.17, 15) is 13.2 Å². The largest absolute Gasteiger partial charge is 0.416 e. The molecule has 0 saturated carbocycles. The summed E-state index contributed by atoms with van der Waals surface area (Å²) in [4.78, 5) is 7.41. The molecule has 0 aromatic heterocycles. The zero-order valence-corrected chi connectivity index (χ0v) is 13.9. The van der Waals surface area contributed by atoms with Crippen LogP contribution < -0.4 is 16.1 Å². The van der Waals surface area contributed by atoms with Crippen LogP contribution in [0.2, 0.25) is 0 Å². The van der Waals surface area contributed by atoms with Gasteiger partial charge in [-0.2, -0.15) is 13.2 Å². The smallest absolute Gasteiger partial charge is 0.394 e. The van der Waals surface area contributed by atoms with Gasteiger partial charge in [-0.25, -0.2) is 5.48 Å².